The van der Waals surface area contributed by atoms with E-state index in [0.29, 0.717) is 0 Å². The highest BCUT2D eigenvalue weighted by Gasteiger charge is 2.09. The molecule has 0 amide bonds. The molecule has 5 heteroatoms. The number of hydrogen-bond donors (Lipinski definition) is 2. The van der Waals surface area contributed by atoms with E-state index in [1.165, 1.54) is 0 Å². The number of aromatic nitrogens is 2. The summed E-state index contributed by atoms with van der Waals surface area (Å²) >= 11 is 0. The summed E-state index contributed by atoms with van der Waals surface area (Å²) in [7, 11) is 4.13. The molecule has 0 saturated heterocycles. The average Bonchev–Trinajstić information content (AvgIpc) is 2.33. The Bertz CT molecular complexity index is 376. The largest absolute Gasteiger partial charge is 0.370 e. The van der Waals surface area contributed by atoms with Crippen molar-refractivity contribution in [2.24, 2.45) is 0 Å². The number of hydrogen-bond acceptors (Lipinski definition) is 5. The van der Waals surface area contributed by atoms with Gasteiger partial charge in [0.25, 0.3) is 0 Å². The zero-order valence-corrected chi connectivity index (χ0v) is 12.2. The van der Waals surface area contributed by atoms with Crippen LogP contribution in [0.4, 0.5) is 11.6 Å². The second kappa shape index (κ2) is 7.16. The van der Waals surface area contributed by atoms with E-state index in [4.69, 9.17) is 0 Å². The highest BCUT2D eigenvalue weighted by molar-refractivity contribution is 5.57. The second-order valence-corrected chi connectivity index (χ2v) is 4.58. The van der Waals surface area contributed by atoms with Crippen molar-refractivity contribution in [3.63, 3.8) is 0 Å². The Morgan fingerprint density at radius 1 is 1.06 bits per heavy atom. The molecule has 5 nitrogen and oxygen atoms in total. The summed E-state index contributed by atoms with van der Waals surface area (Å²) in [5, 5.41) is 6.67. The van der Waals surface area contributed by atoms with Gasteiger partial charge in [0.15, 0.2) is 0 Å². The van der Waals surface area contributed by atoms with Gasteiger partial charge in [-0.3, -0.25) is 0 Å². The zero-order chi connectivity index (χ0) is 13.5. The van der Waals surface area contributed by atoms with Gasteiger partial charge < -0.3 is 15.5 Å². The van der Waals surface area contributed by atoms with Crippen LogP contribution in [0, 0.1) is 6.92 Å². The lowest BCUT2D eigenvalue weighted by Crippen LogP contribution is -2.22. The Hall–Kier alpha value is -1.36. The van der Waals surface area contributed by atoms with E-state index in [2.05, 4.69) is 60.4 Å². The molecule has 2 N–H and O–H groups in total. The third-order valence-electron chi connectivity index (χ3n) is 2.70. The van der Waals surface area contributed by atoms with Crippen LogP contribution in [0.25, 0.3) is 0 Å². The zero-order valence-electron chi connectivity index (χ0n) is 12.2. The number of nitrogens with zero attached hydrogens (tertiary/aromatic N) is 3. The van der Waals surface area contributed by atoms with Gasteiger partial charge in [-0.05, 0) is 27.9 Å². The van der Waals surface area contributed by atoms with Gasteiger partial charge in [0.1, 0.15) is 17.5 Å². The van der Waals surface area contributed by atoms with Crippen LogP contribution in [0.3, 0.4) is 0 Å². The lowest BCUT2D eigenvalue weighted by molar-refractivity contribution is 0.425. The van der Waals surface area contributed by atoms with Gasteiger partial charge in [0, 0.05) is 31.6 Å². The van der Waals surface area contributed by atoms with Crippen LogP contribution in [0.1, 0.15) is 25.2 Å². The predicted molar refractivity (Wildman–Crippen MR) is 77.4 cm³/mol. The first-order valence-corrected chi connectivity index (χ1v) is 6.58. The van der Waals surface area contributed by atoms with E-state index in [-0.39, 0.29) is 0 Å². The predicted octanol–water partition coefficient (Wildman–Crippen LogP) is 1.75. The lowest BCUT2D eigenvalue weighted by Gasteiger charge is -2.15. The van der Waals surface area contributed by atoms with Crippen LogP contribution >= 0.6 is 0 Å². The molecule has 0 aliphatic rings. The standard InChI is InChI=1S/C13H25N5/c1-6-11-16-12(14-7-2)10(3)13(17-11)15-8-9-18(4)5/h6-9H2,1-5H3,(H2,14,15,16,17). The van der Waals surface area contributed by atoms with E-state index < -0.39 is 0 Å². The number of nitrogens with one attached hydrogen (secondary N) is 2. The Balaban J connectivity index is 2.84. The van der Waals surface area contributed by atoms with Crippen molar-refractivity contribution in [1.82, 2.24) is 14.9 Å². The number of likely N-dealkylation sites (N-methyl/N-ethyl adjacent to an activating group) is 1. The summed E-state index contributed by atoms with van der Waals surface area (Å²) in [5.41, 5.74) is 1.09. The molecule has 0 fully saturated rings. The molecule has 102 valence electrons. The van der Waals surface area contributed by atoms with E-state index in [0.717, 1.165) is 49.1 Å². The molecule has 0 aromatic carbocycles. The number of anilines is 2. The molecule has 1 aromatic heterocycles. The van der Waals surface area contributed by atoms with E-state index in [9.17, 15) is 0 Å². The molecule has 0 radical (unpaired) electrons. The van der Waals surface area contributed by atoms with Crippen molar-refractivity contribution >= 4 is 11.6 Å². The Labute approximate surface area is 110 Å². The molecule has 0 atom stereocenters. The molecule has 0 unspecified atom stereocenters. The smallest absolute Gasteiger partial charge is 0.134 e. The number of rotatable bonds is 7. The van der Waals surface area contributed by atoms with Gasteiger partial charge in [-0.1, -0.05) is 6.92 Å². The first-order valence-electron chi connectivity index (χ1n) is 6.58. The maximum Gasteiger partial charge on any atom is 0.134 e. The summed E-state index contributed by atoms with van der Waals surface area (Å²) < 4.78 is 0. The minimum absolute atomic E-state index is 0.848. The van der Waals surface area contributed by atoms with Crippen molar-refractivity contribution in [2.45, 2.75) is 27.2 Å². The van der Waals surface area contributed by atoms with Crippen molar-refractivity contribution in [1.29, 1.82) is 0 Å². The summed E-state index contributed by atoms with van der Waals surface area (Å²) in [6.45, 7) is 8.95. The minimum Gasteiger partial charge on any atom is -0.370 e. The first-order chi connectivity index (χ1) is 8.58. The normalized spacial score (nSPS) is 10.8. The van der Waals surface area contributed by atoms with Crippen LogP contribution in [-0.2, 0) is 6.42 Å². The molecule has 1 rings (SSSR count). The SMILES string of the molecule is CCNc1nc(CC)nc(NCCN(C)C)c1C. The van der Waals surface area contributed by atoms with Gasteiger partial charge in [0.05, 0.1) is 0 Å². The van der Waals surface area contributed by atoms with Gasteiger partial charge >= 0.3 is 0 Å². The molecule has 0 bridgehead atoms. The summed E-state index contributed by atoms with van der Waals surface area (Å²) in [5.74, 6) is 2.76. The third kappa shape index (κ3) is 4.14. The van der Waals surface area contributed by atoms with E-state index >= 15 is 0 Å². The monoisotopic (exact) mass is 251 g/mol. The van der Waals surface area contributed by atoms with Crippen molar-refractivity contribution < 1.29 is 0 Å². The lowest BCUT2D eigenvalue weighted by atomic mass is 10.3. The van der Waals surface area contributed by atoms with Gasteiger partial charge in [0.2, 0.25) is 0 Å². The van der Waals surface area contributed by atoms with E-state index in [1.807, 2.05) is 0 Å². The van der Waals surface area contributed by atoms with Crippen LogP contribution in [0.15, 0.2) is 0 Å². The van der Waals surface area contributed by atoms with Crippen molar-refractivity contribution in [3.05, 3.63) is 11.4 Å². The van der Waals surface area contributed by atoms with Gasteiger partial charge in [-0.25, -0.2) is 9.97 Å². The summed E-state index contributed by atoms with van der Waals surface area (Å²) in [4.78, 5) is 11.2. The second-order valence-electron chi connectivity index (χ2n) is 4.58. The highest BCUT2D eigenvalue weighted by Crippen LogP contribution is 2.19. The van der Waals surface area contributed by atoms with Gasteiger partial charge in [-0.2, -0.15) is 0 Å². The fourth-order valence-corrected chi connectivity index (χ4v) is 1.63. The molecule has 0 saturated carbocycles. The molecule has 0 aliphatic carbocycles. The molecule has 1 aromatic rings. The van der Waals surface area contributed by atoms with Crippen LogP contribution in [-0.4, -0.2) is 48.6 Å². The van der Waals surface area contributed by atoms with Gasteiger partial charge in [-0.15, -0.1) is 0 Å². The molecule has 0 aliphatic heterocycles. The Morgan fingerprint density at radius 3 is 2.17 bits per heavy atom. The van der Waals surface area contributed by atoms with Crippen molar-refractivity contribution in [2.75, 3.05) is 44.4 Å². The fourth-order valence-electron chi connectivity index (χ4n) is 1.63. The molecule has 18 heavy (non-hydrogen) atoms. The fraction of sp³-hybridized carbons (Fsp3) is 0.692. The van der Waals surface area contributed by atoms with Crippen LogP contribution in [0.5, 0.6) is 0 Å². The maximum absolute atomic E-state index is 4.55. The maximum atomic E-state index is 4.55. The average molecular weight is 251 g/mol. The number of aryl methyl sites for hydroxylation is 1. The molecular weight excluding hydrogens is 226 g/mol. The quantitative estimate of drug-likeness (QED) is 0.773. The Morgan fingerprint density at radius 2 is 1.67 bits per heavy atom. The molecule has 0 spiro atoms. The Kier molecular flexibility index (Phi) is 5.85. The van der Waals surface area contributed by atoms with Crippen LogP contribution < -0.4 is 10.6 Å². The highest BCUT2D eigenvalue weighted by atomic mass is 15.1. The van der Waals surface area contributed by atoms with Crippen molar-refractivity contribution in [3.8, 4) is 0 Å². The molecule has 1 heterocycles. The first kappa shape index (κ1) is 14.7. The summed E-state index contributed by atoms with van der Waals surface area (Å²) in [6, 6.07) is 0. The topological polar surface area (TPSA) is 53.1 Å². The van der Waals surface area contributed by atoms with E-state index in [1.54, 1.807) is 0 Å². The molecular formula is C13H25N5. The third-order valence-corrected chi connectivity index (χ3v) is 2.70. The van der Waals surface area contributed by atoms with Crippen LogP contribution in [0.2, 0.25) is 0 Å². The summed E-state index contributed by atoms with van der Waals surface area (Å²) in [6.07, 6.45) is 0.848. The minimum atomic E-state index is 0.848.